The number of carbonyl (C=O) groups excluding carboxylic acids is 1. The Balaban J connectivity index is 2.24. The molecular formula is C12H12F3NO2. The Kier molecular flexibility index (Phi) is 3.19. The fourth-order valence-corrected chi connectivity index (χ4v) is 1.97. The quantitative estimate of drug-likeness (QED) is 0.775. The van der Waals surface area contributed by atoms with Crippen LogP contribution in [0.25, 0.3) is 0 Å². The van der Waals surface area contributed by atoms with Crippen molar-refractivity contribution in [1.29, 1.82) is 0 Å². The van der Waals surface area contributed by atoms with Gasteiger partial charge in [-0.15, -0.1) is 0 Å². The van der Waals surface area contributed by atoms with E-state index < -0.39 is 24.4 Å². The first kappa shape index (κ1) is 12.7. The van der Waals surface area contributed by atoms with Crippen LogP contribution in [-0.4, -0.2) is 30.3 Å². The third kappa shape index (κ3) is 2.42. The fraction of sp³-hybridized carbons (Fsp3) is 0.417. The van der Waals surface area contributed by atoms with E-state index in [0.29, 0.717) is 10.5 Å². The molecule has 1 saturated heterocycles. The maximum absolute atomic E-state index is 12.8. The second-order valence-electron chi connectivity index (χ2n) is 4.19. The van der Waals surface area contributed by atoms with E-state index in [2.05, 4.69) is 0 Å². The second-order valence-corrected chi connectivity index (χ2v) is 4.19. The van der Waals surface area contributed by atoms with Crippen molar-refractivity contribution >= 4 is 6.09 Å². The maximum Gasteiger partial charge on any atom is 0.410 e. The Bertz CT molecular complexity index is 433. The fourth-order valence-electron chi connectivity index (χ4n) is 1.97. The molecule has 6 heteroatoms. The molecule has 98 valence electrons. The van der Waals surface area contributed by atoms with Gasteiger partial charge in [-0.05, 0) is 5.56 Å². The molecule has 1 amide bonds. The Morgan fingerprint density at radius 3 is 2.44 bits per heavy atom. The van der Waals surface area contributed by atoms with Crippen molar-refractivity contribution in [3.63, 3.8) is 0 Å². The van der Waals surface area contributed by atoms with Crippen molar-refractivity contribution < 1.29 is 22.7 Å². The van der Waals surface area contributed by atoms with Gasteiger partial charge in [-0.3, -0.25) is 4.90 Å². The van der Waals surface area contributed by atoms with Crippen molar-refractivity contribution in [2.75, 3.05) is 7.05 Å². The van der Waals surface area contributed by atoms with Crippen LogP contribution in [0.15, 0.2) is 30.3 Å². The van der Waals surface area contributed by atoms with Crippen LogP contribution in [-0.2, 0) is 4.74 Å². The zero-order valence-electron chi connectivity index (χ0n) is 9.65. The molecule has 0 aromatic heterocycles. The predicted molar refractivity (Wildman–Crippen MR) is 57.9 cm³/mol. The molecular weight excluding hydrogens is 247 g/mol. The zero-order valence-corrected chi connectivity index (χ0v) is 9.65. The molecule has 0 bridgehead atoms. The number of cyclic esters (lactones) is 1. The van der Waals surface area contributed by atoms with Crippen molar-refractivity contribution in [3.05, 3.63) is 35.9 Å². The molecule has 1 aliphatic rings. The maximum atomic E-state index is 12.8. The summed E-state index contributed by atoms with van der Waals surface area (Å²) in [5.74, 6) is 0. The number of carbonyl (C=O) groups is 1. The Hall–Kier alpha value is -1.72. The molecule has 0 radical (unpaired) electrons. The van der Waals surface area contributed by atoms with Crippen molar-refractivity contribution in [2.24, 2.45) is 0 Å². The first-order valence-electron chi connectivity index (χ1n) is 5.44. The van der Waals surface area contributed by atoms with Crippen molar-refractivity contribution in [2.45, 2.75) is 24.7 Å². The Morgan fingerprint density at radius 1 is 1.28 bits per heavy atom. The third-order valence-corrected chi connectivity index (χ3v) is 2.99. The molecule has 2 atom stereocenters. The van der Waals surface area contributed by atoms with Crippen LogP contribution in [0.2, 0.25) is 0 Å². The number of hydrogen-bond donors (Lipinski definition) is 0. The molecule has 1 aromatic carbocycles. The third-order valence-electron chi connectivity index (χ3n) is 2.99. The second kappa shape index (κ2) is 4.51. The first-order chi connectivity index (χ1) is 8.39. The average molecular weight is 259 g/mol. The molecule has 0 N–H and O–H groups in total. The lowest BCUT2D eigenvalue weighted by Gasteiger charge is -2.37. The molecule has 0 spiro atoms. The summed E-state index contributed by atoms with van der Waals surface area (Å²) in [6.45, 7) is 0. The Morgan fingerprint density at radius 2 is 1.89 bits per heavy atom. The molecule has 0 unspecified atom stereocenters. The van der Waals surface area contributed by atoms with E-state index in [-0.39, 0.29) is 6.42 Å². The number of rotatable bonds is 1. The highest BCUT2D eigenvalue weighted by Crippen LogP contribution is 2.37. The summed E-state index contributed by atoms with van der Waals surface area (Å²) in [7, 11) is 1.10. The normalized spacial score (nSPS) is 24.9. The average Bonchev–Trinajstić information content (AvgIpc) is 2.32. The predicted octanol–water partition coefficient (Wildman–Crippen LogP) is 3.13. The molecule has 2 rings (SSSR count). The summed E-state index contributed by atoms with van der Waals surface area (Å²) >= 11 is 0. The summed E-state index contributed by atoms with van der Waals surface area (Å²) in [6, 6.07) is 6.65. The number of halogens is 3. The number of benzene rings is 1. The summed E-state index contributed by atoms with van der Waals surface area (Å²) in [5.41, 5.74) is 0.577. The monoisotopic (exact) mass is 259 g/mol. The highest BCUT2D eigenvalue weighted by Gasteiger charge is 2.49. The molecule has 3 nitrogen and oxygen atoms in total. The number of amides is 1. The largest absolute Gasteiger partial charge is 0.441 e. The summed E-state index contributed by atoms with van der Waals surface area (Å²) in [6.07, 6.45) is -6.52. The lowest BCUT2D eigenvalue weighted by molar-refractivity contribution is -0.194. The minimum absolute atomic E-state index is 0.282. The number of hydrogen-bond acceptors (Lipinski definition) is 2. The molecule has 1 heterocycles. The van der Waals surface area contributed by atoms with Gasteiger partial charge in [-0.1, -0.05) is 30.3 Å². The molecule has 1 aromatic rings. The van der Waals surface area contributed by atoms with E-state index in [4.69, 9.17) is 4.74 Å². The van der Waals surface area contributed by atoms with Gasteiger partial charge in [0.2, 0.25) is 0 Å². The molecule has 1 aliphatic heterocycles. The van der Waals surface area contributed by atoms with E-state index in [1.165, 1.54) is 0 Å². The van der Waals surface area contributed by atoms with E-state index in [1.807, 2.05) is 0 Å². The van der Waals surface area contributed by atoms with Crippen molar-refractivity contribution in [3.8, 4) is 0 Å². The number of ether oxygens (including phenoxy) is 1. The SMILES string of the molecule is CN1C(=O)O[C@H](c2ccccc2)C[C@H]1C(F)(F)F. The van der Waals surface area contributed by atoms with Gasteiger partial charge >= 0.3 is 12.3 Å². The summed E-state index contributed by atoms with van der Waals surface area (Å²) < 4.78 is 43.4. The first-order valence-corrected chi connectivity index (χ1v) is 5.44. The van der Waals surface area contributed by atoms with E-state index in [0.717, 1.165) is 7.05 Å². The van der Waals surface area contributed by atoms with Gasteiger partial charge < -0.3 is 4.74 Å². The summed E-state index contributed by atoms with van der Waals surface area (Å²) in [5, 5.41) is 0. The van der Waals surface area contributed by atoms with Gasteiger partial charge in [0, 0.05) is 13.5 Å². The number of alkyl halides is 3. The van der Waals surface area contributed by atoms with Crippen LogP contribution in [0.4, 0.5) is 18.0 Å². The van der Waals surface area contributed by atoms with Gasteiger partial charge in [0.15, 0.2) is 0 Å². The Labute approximate surface area is 102 Å². The van der Waals surface area contributed by atoms with E-state index in [1.54, 1.807) is 30.3 Å². The lowest BCUT2D eigenvalue weighted by atomic mass is 9.99. The number of nitrogens with zero attached hydrogens (tertiary/aromatic N) is 1. The van der Waals surface area contributed by atoms with E-state index >= 15 is 0 Å². The molecule has 0 aliphatic carbocycles. The lowest BCUT2D eigenvalue weighted by Crippen LogP contribution is -2.51. The van der Waals surface area contributed by atoms with Gasteiger partial charge in [-0.2, -0.15) is 13.2 Å². The smallest absolute Gasteiger partial charge is 0.410 e. The van der Waals surface area contributed by atoms with Crippen LogP contribution in [0, 0.1) is 0 Å². The van der Waals surface area contributed by atoms with Gasteiger partial charge in [0.05, 0.1) is 0 Å². The molecule has 18 heavy (non-hydrogen) atoms. The van der Waals surface area contributed by atoms with Crippen molar-refractivity contribution in [1.82, 2.24) is 4.90 Å². The van der Waals surface area contributed by atoms with Gasteiger partial charge in [0.25, 0.3) is 0 Å². The van der Waals surface area contributed by atoms with Gasteiger partial charge in [-0.25, -0.2) is 4.79 Å². The van der Waals surface area contributed by atoms with Crippen LogP contribution in [0.5, 0.6) is 0 Å². The standard InChI is InChI=1S/C12H12F3NO2/c1-16-10(12(13,14)15)7-9(18-11(16)17)8-5-3-2-4-6-8/h2-6,9-10H,7H2,1H3/t9-,10-/m0/s1. The van der Waals surface area contributed by atoms with Gasteiger partial charge in [0.1, 0.15) is 12.1 Å². The van der Waals surface area contributed by atoms with Crippen LogP contribution in [0.3, 0.4) is 0 Å². The van der Waals surface area contributed by atoms with E-state index in [9.17, 15) is 18.0 Å². The highest BCUT2D eigenvalue weighted by atomic mass is 19.4. The van der Waals surface area contributed by atoms with Crippen LogP contribution < -0.4 is 0 Å². The molecule has 0 saturated carbocycles. The highest BCUT2D eigenvalue weighted by molar-refractivity contribution is 5.69. The van der Waals surface area contributed by atoms with Crippen LogP contribution >= 0.6 is 0 Å². The van der Waals surface area contributed by atoms with Crippen LogP contribution in [0.1, 0.15) is 18.1 Å². The molecule has 1 fully saturated rings. The topological polar surface area (TPSA) is 29.5 Å². The minimum Gasteiger partial charge on any atom is -0.441 e. The minimum atomic E-state index is -4.44. The zero-order chi connectivity index (χ0) is 13.3. The summed E-state index contributed by atoms with van der Waals surface area (Å²) in [4.78, 5) is 12.0.